The van der Waals surface area contributed by atoms with E-state index in [1.54, 1.807) is 24.3 Å². The molecule has 0 bridgehead atoms. The lowest BCUT2D eigenvalue weighted by atomic mass is 10.1. The molecule has 0 aliphatic heterocycles. The van der Waals surface area contributed by atoms with Gasteiger partial charge in [0.1, 0.15) is 18.1 Å². The Hall–Kier alpha value is -3.60. The van der Waals surface area contributed by atoms with E-state index in [-0.39, 0.29) is 12.3 Å². The predicted octanol–water partition coefficient (Wildman–Crippen LogP) is 4.10. The van der Waals surface area contributed by atoms with Gasteiger partial charge >= 0.3 is 5.97 Å². The standard InChI is InChI=1S/C22H19NO4/c1-16-9-11-18(12-10-16)21(24)23-20(14-19-8-5-13-26-19)22(25)27-15-17-6-3-2-4-7-17/h2-14H,15H2,1H3,(H,23,24)/b20-14+. The zero-order chi connectivity index (χ0) is 19.1. The first-order chi connectivity index (χ1) is 13.1. The third kappa shape index (κ3) is 5.19. The molecule has 0 saturated heterocycles. The first-order valence-corrected chi connectivity index (χ1v) is 8.46. The fourth-order valence-electron chi connectivity index (χ4n) is 2.36. The lowest BCUT2D eigenvalue weighted by molar-refractivity contribution is -0.140. The van der Waals surface area contributed by atoms with Gasteiger partial charge < -0.3 is 14.5 Å². The van der Waals surface area contributed by atoms with Crippen LogP contribution in [-0.4, -0.2) is 11.9 Å². The van der Waals surface area contributed by atoms with Gasteiger partial charge in [0, 0.05) is 11.6 Å². The van der Waals surface area contributed by atoms with Crippen molar-refractivity contribution in [3.05, 3.63) is 101 Å². The lowest BCUT2D eigenvalue weighted by Gasteiger charge is -2.10. The maximum absolute atomic E-state index is 12.5. The van der Waals surface area contributed by atoms with E-state index >= 15 is 0 Å². The van der Waals surface area contributed by atoms with Crippen LogP contribution in [0.4, 0.5) is 0 Å². The van der Waals surface area contributed by atoms with Crippen LogP contribution in [0.15, 0.2) is 83.1 Å². The molecule has 136 valence electrons. The number of nitrogens with one attached hydrogen (secondary N) is 1. The molecule has 1 amide bonds. The number of aryl methyl sites for hydroxylation is 1. The molecular weight excluding hydrogens is 342 g/mol. The fraction of sp³-hybridized carbons (Fsp3) is 0.0909. The molecule has 5 nitrogen and oxygen atoms in total. The van der Waals surface area contributed by atoms with Crippen LogP contribution < -0.4 is 5.32 Å². The maximum Gasteiger partial charge on any atom is 0.355 e. The summed E-state index contributed by atoms with van der Waals surface area (Å²) in [5, 5.41) is 2.61. The van der Waals surface area contributed by atoms with Crippen molar-refractivity contribution in [1.29, 1.82) is 0 Å². The van der Waals surface area contributed by atoms with E-state index in [4.69, 9.17) is 9.15 Å². The highest BCUT2D eigenvalue weighted by atomic mass is 16.5. The number of esters is 1. The third-order valence-corrected chi connectivity index (χ3v) is 3.82. The van der Waals surface area contributed by atoms with E-state index in [0.29, 0.717) is 11.3 Å². The number of ether oxygens (including phenoxy) is 1. The van der Waals surface area contributed by atoms with E-state index in [2.05, 4.69) is 5.32 Å². The highest BCUT2D eigenvalue weighted by Crippen LogP contribution is 2.11. The Morgan fingerprint density at radius 1 is 1.00 bits per heavy atom. The molecule has 2 aromatic carbocycles. The van der Waals surface area contributed by atoms with Crippen LogP contribution in [-0.2, 0) is 16.1 Å². The lowest BCUT2D eigenvalue weighted by Crippen LogP contribution is -2.28. The van der Waals surface area contributed by atoms with Crippen molar-refractivity contribution < 1.29 is 18.7 Å². The average molecular weight is 361 g/mol. The summed E-state index contributed by atoms with van der Waals surface area (Å²) in [6.07, 6.45) is 2.93. The summed E-state index contributed by atoms with van der Waals surface area (Å²) in [5.41, 5.74) is 2.35. The molecular formula is C22H19NO4. The molecule has 0 spiro atoms. The van der Waals surface area contributed by atoms with Gasteiger partial charge in [0.15, 0.2) is 0 Å². The number of carbonyl (C=O) groups excluding carboxylic acids is 2. The quantitative estimate of drug-likeness (QED) is 0.530. The Bertz CT molecular complexity index is 926. The summed E-state index contributed by atoms with van der Waals surface area (Å²) in [6.45, 7) is 2.04. The average Bonchev–Trinajstić information content (AvgIpc) is 3.20. The number of amides is 1. The van der Waals surface area contributed by atoms with Crippen molar-refractivity contribution in [3.8, 4) is 0 Å². The minimum absolute atomic E-state index is 0.00598. The smallest absolute Gasteiger partial charge is 0.355 e. The van der Waals surface area contributed by atoms with Crippen LogP contribution in [0.25, 0.3) is 6.08 Å². The molecule has 0 atom stereocenters. The number of hydrogen-bond acceptors (Lipinski definition) is 4. The van der Waals surface area contributed by atoms with E-state index < -0.39 is 11.9 Å². The second-order valence-corrected chi connectivity index (χ2v) is 5.96. The highest BCUT2D eigenvalue weighted by Gasteiger charge is 2.17. The molecule has 27 heavy (non-hydrogen) atoms. The third-order valence-electron chi connectivity index (χ3n) is 3.82. The van der Waals surface area contributed by atoms with Gasteiger partial charge in [-0.3, -0.25) is 4.79 Å². The van der Waals surface area contributed by atoms with E-state index in [0.717, 1.165) is 11.1 Å². The molecule has 3 rings (SSSR count). The monoisotopic (exact) mass is 361 g/mol. The summed E-state index contributed by atoms with van der Waals surface area (Å²) in [4.78, 5) is 25.0. The largest absolute Gasteiger partial charge is 0.465 e. The van der Waals surface area contributed by atoms with Gasteiger partial charge in [-0.05, 0) is 36.8 Å². The first-order valence-electron chi connectivity index (χ1n) is 8.46. The molecule has 0 radical (unpaired) electrons. The maximum atomic E-state index is 12.5. The molecule has 1 aromatic heterocycles. The SMILES string of the molecule is Cc1ccc(C(=O)N/C(=C/c2ccco2)C(=O)OCc2ccccc2)cc1. The number of furan rings is 1. The van der Waals surface area contributed by atoms with Crippen molar-refractivity contribution in [2.75, 3.05) is 0 Å². The molecule has 0 aliphatic rings. The van der Waals surface area contributed by atoms with Crippen LogP contribution >= 0.6 is 0 Å². The van der Waals surface area contributed by atoms with Crippen LogP contribution in [0.2, 0.25) is 0 Å². The van der Waals surface area contributed by atoms with Gasteiger partial charge in [-0.25, -0.2) is 4.79 Å². The molecule has 0 saturated carbocycles. The molecule has 1 N–H and O–H groups in total. The predicted molar refractivity (Wildman–Crippen MR) is 102 cm³/mol. The Morgan fingerprint density at radius 2 is 1.74 bits per heavy atom. The van der Waals surface area contributed by atoms with Crippen molar-refractivity contribution >= 4 is 18.0 Å². The van der Waals surface area contributed by atoms with E-state index in [1.807, 2.05) is 49.4 Å². The van der Waals surface area contributed by atoms with E-state index in [1.165, 1.54) is 12.3 Å². The van der Waals surface area contributed by atoms with Gasteiger partial charge in [-0.2, -0.15) is 0 Å². The second kappa shape index (κ2) is 8.67. The molecule has 1 heterocycles. The zero-order valence-electron chi connectivity index (χ0n) is 14.8. The van der Waals surface area contributed by atoms with Gasteiger partial charge in [0.2, 0.25) is 0 Å². The van der Waals surface area contributed by atoms with Crippen molar-refractivity contribution in [2.24, 2.45) is 0 Å². The topological polar surface area (TPSA) is 68.5 Å². The van der Waals surface area contributed by atoms with Crippen molar-refractivity contribution in [1.82, 2.24) is 5.32 Å². The highest BCUT2D eigenvalue weighted by molar-refractivity contribution is 6.03. The summed E-state index contributed by atoms with van der Waals surface area (Å²) >= 11 is 0. The van der Waals surface area contributed by atoms with Crippen LogP contribution in [0.3, 0.4) is 0 Å². The van der Waals surface area contributed by atoms with Crippen LogP contribution in [0.5, 0.6) is 0 Å². The molecule has 0 unspecified atom stereocenters. The normalized spacial score (nSPS) is 11.1. The Labute approximate surface area is 157 Å². The van der Waals surface area contributed by atoms with Gasteiger partial charge in [-0.1, -0.05) is 48.0 Å². The zero-order valence-corrected chi connectivity index (χ0v) is 14.8. The number of benzene rings is 2. The van der Waals surface area contributed by atoms with Crippen molar-refractivity contribution in [2.45, 2.75) is 13.5 Å². The summed E-state index contributed by atoms with van der Waals surface area (Å²) in [5.74, 6) is -0.606. The number of hydrogen-bond donors (Lipinski definition) is 1. The molecule has 0 aliphatic carbocycles. The minimum Gasteiger partial charge on any atom is -0.465 e. The summed E-state index contributed by atoms with van der Waals surface area (Å²) < 4.78 is 10.6. The fourth-order valence-corrected chi connectivity index (χ4v) is 2.36. The van der Waals surface area contributed by atoms with Gasteiger partial charge in [0.25, 0.3) is 5.91 Å². The number of carbonyl (C=O) groups is 2. The van der Waals surface area contributed by atoms with Gasteiger partial charge in [-0.15, -0.1) is 0 Å². The van der Waals surface area contributed by atoms with Crippen LogP contribution in [0.1, 0.15) is 27.2 Å². The number of rotatable bonds is 6. The Kier molecular flexibility index (Phi) is 5.84. The minimum atomic E-state index is -0.643. The van der Waals surface area contributed by atoms with Crippen LogP contribution in [0, 0.1) is 6.92 Å². The molecule has 0 fully saturated rings. The van der Waals surface area contributed by atoms with Crippen molar-refractivity contribution in [3.63, 3.8) is 0 Å². The van der Waals surface area contributed by atoms with E-state index in [9.17, 15) is 9.59 Å². The Morgan fingerprint density at radius 3 is 2.41 bits per heavy atom. The second-order valence-electron chi connectivity index (χ2n) is 5.96. The van der Waals surface area contributed by atoms with Gasteiger partial charge in [0.05, 0.1) is 6.26 Å². The summed E-state index contributed by atoms with van der Waals surface area (Å²) in [6, 6.07) is 19.8. The Balaban J connectivity index is 1.75. The summed E-state index contributed by atoms with van der Waals surface area (Å²) in [7, 11) is 0. The molecule has 3 aromatic rings. The first kappa shape index (κ1) is 18.2. The molecule has 5 heteroatoms.